The normalized spacial score (nSPS) is 11.2. The molecule has 5 heteroatoms. The zero-order chi connectivity index (χ0) is 7.33. The maximum absolute atomic E-state index is 10.2. The molecule has 0 aromatic carbocycles. The Bertz CT molecular complexity index is 172. The van der Waals surface area contributed by atoms with Gasteiger partial charge in [0.1, 0.15) is 6.29 Å². The Morgan fingerprint density at radius 1 is 1.44 bits per heavy atom. The molecule has 54 valence electrons. The molecule has 0 heterocycles. The largest absolute Gasteiger partial charge is 0.303 e. The molecule has 0 amide bonds. The third-order valence-corrected chi connectivity index (χ3v) is 1.61. The summed E-state index contributed by atoms with van der Waals surface area (Å²) in [6, 6.07) is 0. The highest BCUT2D eigenvalue weighted by molar-refractivity contribution is 7.89. The summed E-state index contributed by atoms with van der Waals surface area (Å²) in [6.45, 7) is 0. The van der Waals surface area contributed by atoms with E-state index in [-0.39, 0.29) is 12.2 Å². The van der Waals surface area contributed by atoms with Gasteiger partial charge in [0.15, 0.2) is 0 Å². The Morgan fingerprint density at radius 3 is 2.33 bits per heavy atom. The Morgan fingerprint density at radius 2 is 2.00 bits per heavy atom. The molecule has 0 aliphatic carbocycles. The molecule has 2 N–H and O–H groups in total. The lowest BCUT2D eigenvalue weighted by Gasteiger charge is -1.90. The van der Waals surface area contributed by atoms with Gasteiger partial charge in [-0.1, -0.05) is 0 Å². The first-order valence-corrected chi connectivity index (χ1v) is 4.22. The molecule has 0 radical (unpaired) electrons. The Balaban J connectivity index is 3.40. The minimum absolute atomic E-state index is 0.105. The highest BCUT2D eigenvalue weighted by Gasteiger charge is 1.99. The fourth-order valence-electron chi connectivity index (χ4n) is 0.368. The van der Waals surface area contributed by atoms with Crippen molar-refractivity contribution < 1.29 is 13.2 Å². The smallest absolute Gasteiger partial charge is 0.209 e. The molecule has 0 aliphatic heterocycles. The van der Waals surface area contributed by atoms with Crippen molar-refractivity contribution in [2.75, 3.05) is 5.75 Å². The zero-order valence-corrected chi connectivity index (χ0v) is 5.73. The van der Waals surface area contributed by atoms with Gasteiger partial charge in [-0.3, -0.25) is 0 Å². The van der Waals surface area contributed by atoms with Gasteiger partial charge in [-0.2, -0.15) is 0 Å². The van der Waals surface area contributed by atoms with Gasteiger partial charge >= 0.3 is 0 Å². The zero-order valence-electron chi connectivity index (χ0n) is 4.91. The molecule has 0 atom stereocenters. The fraction of sp³-hybridized carbons (Fsp3) is 0.750. The number of primary sulfonamides is 1. The van der Waals surface area contributed by atoms with Gasteiger partial charge in [-0.25, -0.2) is 13.6 Å². The van der Waals surface area contributed by atoms with Crippen molar-refractivity contribution in [2.24, 2.45) is 5.14 Å². The van der Waals surface area contributed by atoms with Gasteiger partial charge in [-0.05, 0) is 6.42 Å². The van der Waals surface area contributed by atoms with Crippen LogP contribution in [0.1, 0.15) is 12.8 Å². The second-order valence-corrected chi connectivity index (χ2v) is 3.41. The lowest BCUT2D eigenvalue weighted by atomic mass is 10.4. The quantitative estimate of drug-likeness (QED) is 0.424. The molecular weight excluding hydrogens is 142 g/mol. The summed E-state index contributed by atoms with van der Waals surface area (Å²) in [5, 5.41) is 4.63. The van der Waals surface area contributed by atoms with E-state index in [2.05, 4.69) is 5.14 Å². The van der Waals surface area contributed by atoms with E-state index >= 15 is 0 Å². The molecule has 0 saturated heterocycles. The number of carbonyl (C=O) groups is 1. The number of unbranched alkanes of at least 4 members (excludes halogenated alkanes) is 1. The Kier molecular flexibility index (Phi) is 3.41. The SMILES string of the molecule is NS(=O)(=O)CCCC=O. The summed E-state index contributed by atoms with van der Waals surface area (Å²) in [7, 11) is -3.36. The predicted molar refractivity (Wildman–Crippen MR) is 33.3 cm³/mol. The number of aldehydes is 1. The van der Waals surface area contributed by atoms with Gasteiger partial charge in [0, 0.05) is 6.42 Å². The van der Waals surface area contributed by atoms with Gasteiger partial charge in [-0.15, -0.1) is 0 Å². The molecule has 0 aromatic rings. The molecule has 0 bridgehead atoms. The molecule has 0 spiro atoms. The van der Waals surface area contributed by atoms with Gasteiger partial charge < -0.3 is 4.79 Å². The van der Waals surface area contributed by atoms with Crippen molar-refractivity contribution in [3.63, 3.8) is 0 Å². The van der Waals surface area contributed by atoms with E-state index in [0.717, 1.165) is 0 Å². The Hall–Kier alpha value is -0.420. The van der Waals surface area contributed by atoms with Crippen LogP contribution in [0, 0.1) is 0 Å². The maximum Gasteiger partial charge on any atom is 0.209 e. The van der Waals surface area contributed by atoms with Crippen molar-refractivity contribution in [3.05, 3.63) is 0 Å². The van der Waals surface area contributed by atoms with Gasteiger partial charge in [0.25, 0.3) is 0 Å². The molecular formula is C4H9NO3S. The van der Waals surface area contributed by atoms with Crippen LogP contribution in [-0.4, -0.2) is 20.5 Å². The van der Waals surface area contributed by atoms with E-state index in [1.165, 1.54) is 0 Å². The minimum atomic E-state index is -3.36. The van der Waals surface area contributed by atoms with Crippen LogP contribution < -0.4 is 5.14 Å². The molecule has 0 unspecified atom stereocenters. The number of carbonyl (C=O) groups excluding carboxylic acids is 1. The van der Waals surface area contributed by atoms with Crippen LogP contribution in [0.15, 0.2) is 0 Å². The summed E-state index contributed by atoms with van der Waals surface area (Å²) in [5.74, 6) is -0.105. The lowest BCUT2D eigenvalue weighted by molar-refractivity contribution is -0.107. The van der Waals surface area contributed by atoms with E-state index < -0.39 is 10.0 Å². The summed E-state index contributed by atoms with van der Waals surface area (Å²) >= 11 is 0. The first-order valence-electron chi connectivity index (χ1n) is 2.50. The van der Waals surface area contributed by atoms with Crippen LogP contribution in [0.25, 0.3) is 0 Å². The molecule has 0 aromatic heterocycles. The first-order chi connectivity index (χ1) is 4.06. The lowest BCUT2D eigenvalue weighted by Crippen LogP contribution is -2.16. The topological polar surface area (TPSA) is 77.2 Å². The van der Waals surface area contributed by atoms with Crippen LogP contribution in [0.5, 0.6) is 0 Å². The number of rotatable bonds is 4. The molecule has 0 saturated carbocycles. The first kappa shape index (κ1) is 8.58. The summed E-state index contributed by atoms with van der Waals surface area (Å²) in [6.07, 6.45) is 1.25. The standard InChI is InChI=1S/C4H9NO3S/c5-9(7,8)4-2-1-3-6/h3H,1-2,4H2,(H2,5,7,8). The van der Waals surface area contributed by atoms with Crippen molar-refractivity contribution in [1.29, 1.82) is 0 Å². The molecule has 0 rings (SSSR count). The predicted octanol–water partition coefficient (Wildman–Crippen LogP) is -0.746. The minimum Gasteiger partial charge on any atom is -0.303 e. The van der Waals surface area contributed by atoms with Crippen molar-refractivity contribution in [2.45, 2.75) is 12.8 Å². The molecule has 4 nitrogen and oxygen atoms in total. The van der Waals surface area contributed by atoms with Crippen molar-refractivity contribution >= 4 is 16.3 Å². The summed E-state index contributed by atoms with van der Waals surface area (Å²) in [5.41, 5.74) is 0. The van der Waals surface area contributed by atoms with E-state index in [4.69, 9.17) is 0 Å². The number of hydrogen-bond donors (Lipinski definition) is 1. The van der Waals surface area contributed by atoms with Gasteiger partial charge in [0.05, 0.1) is 5.75 Å². The highest BCUT2D eigenvalue weighted by atomic mass is 32.2. The van der Waals surface area contributed by atoms with E-state index in [1.807, 2.05) is 0 Å². The van der Waals surface area contributed by atoms with Crippen LogP contribution >= 0.6 is 0 Å². The van der Waals surface area contributed by atoms with E-state index in [0.29, 0.717) is 12.7 Å². The third-order valence-electron chi connectivity index (χ3n) is 0.751. The number of nitrogens with two attached hydrogens (primary N) is 1. The van der Waals surface area contributed by atoms with Crippen molar-refractivity contribution in [3.8, 4) is 0 Å². The summed E-state index contributed by atoms with van der Waals surface area (Å²) < 4.78 is 20.3. The van der Waals surface area contributed by atoms with E-state index in [1.54, 1.807) is 0 Å². The second-order valence-electron chi connectivity index (χ2n) is 1.68. The van der Waals surface area contributed by atoms with Crippen LogP contribution in [0.2, 0.25) is 0 Å². The average Bonchev–Trinajstić information content (AvgIpc) is 1.63. The number of sulfonamides is 1. The monoisotopic (exact) mass is 151 g/mol. The van der Waals surface area contributed by atoms with Crippen LogP contribution in [0.3, 0.4) is 0 Å². The fourth-order valence-corrected chi connectivity index (χ4v) is 0.937. The second kappa shape index (κ2) is 3.58. The Labute approximate surface area is 54.1 Å². The molecule has 0 aliphatic rings. The van der Waals surface area contributed by atoms with Crippen LogP contribution in [0.4, 0.5) is 0 Å². The number of hydrogen-bond acceptors (Lipinski definition) is 3. The highest BCUT2D eigenvalue weighted by Crippen LogP contribution is 1.87. The van der Waals surface area contributed by atoms with Gasteiger partial charge in [0.2, 0.25) is 10.0 Å². The third kappa shape index (κ3) is 7.58. The molecule has 9 heavy (non-hydrogen) atoms. The van der Waals surface area contributed by atoms with Crippen LogP contribution in [-0.2, 0) is 14.8 Å². The average molecular weight is 151 g/mol. The summed E-state index contributed by atoms with van der Waals surface area (Å²) in [4.78, 5) is 9.66. The maximum atomic E-state index is 10.2. The van der Waals surface area contributed by atoms with Crippen molar-refractivity contribution in [1.82, 2.24) is 0 Å². The molecule has 0 fully saturated rings. The van der Waals surface area contributed by atoms with E-state index in [9.17, 15) is 13.2 Å².